The molecule has 1 heterocycles. The number of nitrogens with one attached hydrogen (secondary N) is 1. The Morgan fingerprint density at radius 2 is 1.74 bits per heavy atom. The topological polar surface area (TPSA) is 12.0 Å². The Kier molecular flexibility index (Phi) is 5.08. The molecule has 2 aromatic rings. The first-order valence-corrected chi connectivity index (χ1v) is 8.66. The van der Waals surface area contributed by atoms with Crippen molar-refractivity contribution in [3.8, 4) is 0 Å². The fourth-order valence-electron chi connectivity index (χ4n) is 2.27. The van der Waals surface area contributed by atoms with Crippen LogP contribution in [0.2, 0.25) is 0 Å². The van der Waals surface area contributed by atoms with E-state index >= 15 is 0 Å². The number of rotatable bonds is 5. The summed E-state index contributed by atoms with van der Waals surface area (Å²) in [5.41, 5.74) is 2.73. The van der Waals surface area contributed by atoms with Crippen molar-refractivity contribution in [3.05, 3.63) is 51.7 Å². The minimum Gasteiger partial charge on any atom is -0.303 e. The monoisotopic (exact) mass is 291 g/mol. The third-order valence-electron chi connectivity index (χ3n) is 3.41. The SMILES string of the molecule is CSc1ccc(C(C)NC(C)c2sccc2C)cc1. The molecule has 2 atom stereocenters. The van der Waals surface area contributed by atoms with Gasteiger partial charge in [0.2, 0.25) is 0 Å². The molecule has 3 heteroatoms. The van der Waals surface area contributed by atoms with Gasteiger partial charge in [0.1, 0.15) is 0 Å². The molecule has 19 heavy (non-hydrogen) atoms. The van der Waals surface area contributed by atoms with Crippen molar-refractivity contribution in [1.82, 2.24) is 5.32 Å². The Balaban J connectivity index is 2.04. The second-order valence-corrected chi connectivity index (χ2v) is 6.68. The molecule has 1 aromatic carbocycles. The van der Waals surface area contributed by atoms with E-state index in [1.54, 1.807) is 11.8 Å². The first-order valence-electron chi connectivity index (χ1n) is 6.55. The maximum atomic E-state index is 3.68. The highest BCUT2D eigenvalue weighted by atomic mass is 32.2. The summed E-state index contributed by atoms with van der Waals surface area (Å²) in [7, 11) is 0. The van der Waals surface area contributed by atoms with Crippen LogP contribution in [0.4, 0.5) is 0 Å². The van der Waals surface area contributed by atoms with Crippen LogP contribution in [0, 0.1) is 6.92 Å². The first kappa shape index (κ1) is 14.6. The van der Waals surface area contributed by atoms with Crippen molar-refractivity contribution in [1.29, 1.82) is 0 Å². The predicted octanol–water partition coefficient (Wildman–Crippen LogP) is 5.19. The molecule has 0 spiro atoms. The highest BCUT2D eigenvalue weighted by Gasteiger charge is 2.13. The van der Waals surface area contributed by atoms with Gasteiger partial charge in [0.15, 0.2) is 0 Å². The van der Waals surface area contributed by atoms with Crippen LogP contribution >= 0.6 is 23.1 Å². The van der Waals surface area contributed by atoms with Gasteiger partial charge in [-0.2, -0.15) is 0 Å². The molecule has 0 aliphatic rings. The number of thioether (sulfide) groups is 1. The standard InChI is InChI=1S/C16H21NS2/c1-11-9-10-19-16(11)13(3)17-12(2)14-5-7-15(18-4)8-6-14/h5-10,12-13,17H,1-4H3. The minimum absolute atomic E-state index is 0.368. The zero-order chi connectivity index (χ0) is 13.8. The van der Waals surface area contributed by atoms with Gasteiger partial charge in [-0.1, -0.05) is 12.1 Å². The van der Waals surface area contributed by atoms with E-state index in [0.29, 0.717) is 12.1 Å². The van der Waals surface area contributed by atoms with E-state index in [0.717, 1.165) is 0 Å². The van der Waals surface area contributed by atoms with E-state index in [1.165, 1.54) is 20.9 Å². The van der Waals surface area contributed by atoms with Crippen LogP contribution in [0.25, 0.3) is 0 Å². The molecule has 0 saturated carbocycles. The van der Waals surface area contributed by atoms with E-state index in [2.05, 4.69) is 68.1 Å². The maximum absolute atomic E-state index is 3.68. The first-order chi connectivity index (χ1) is 9.11. The third kappa shape index (κ3) is 3.62. The van der Waals surface area contributed by atoms with Gasteiger partial charge in [-0.05, 0) is 61.7 Å². The van der Waals surface area contributed by atoms with Gasteiger partial charge in [-0.3, -0.25) is 0 Å². The Labute approximate surface area is 124 Å². The van der Waals surface area contributed by atoms with Gasteiger partial charge < -0.3 is 5.32 Å². The van der Waals surface area contributed by atoms with Crippen molar-refractivity contribution in [3.63, 3.8) is 0 Å². The van der Waals surface area contributed by atoms with Crippen LogP contribution in [0.3, 0.4) is 0 Å². The molecule has 1 aromatic heterocycles. The van der Waals surface area contributed by atoms with E-state index in [4.69, 9.17) is 0 Å². The number of thiophene rings is 1. The zero-order valence-corrected chi connectivity index (χ0v) is 13.6. The average Bonchev–Trinajstić information content (AvgIpc) is 2.85. The van der Waals surface area contributed by atoms with Gasteiger partial charge in [0, 0.05) is 21.9 Å². The fraction of sp³-hybridized carbons (Fsp3) is 0.375. The molecule has 0 fully saturated rings. The van der Waals surface area contributed by atoms with Gasteiger partial charge >= 0.3 is 0 Å². The number of benzene rings is 1. The lowest BCUT2D eigenvalue weighted by Crippen LogP contribution is -2.22. The lowest BCUT2D eigenvalue weighted by atomic mass is 10.1. The van der Waals surface area contributed by atoms with Crippen molar-refractivity contribution in [2.45, 2.75) is 37.8 Å². The summed E-state index contributed by atoms with van der Waals surface area (Å²) in [4.78, 5) is 2.76. The Morgan fingerprint density at radius 1 is 1.05 bits per heavy atom. The van der Waals surface area contributed by atoms with Gasteiger partial charge in [-0.15, -0.1) is 23.1 Å². The van der Waals surface area contributed by atoms with Crippen LogP contribution in [0.15, 0.2) is 40.6 Å². The summed E-state index contributed by atoms with van der Waals surface area (Å²) >= 11 is 3.62. The second-order valence-electron chi connectivity index (χ2n) is 4.85. The van der Waals surface area contributed by atoms with E-state index in [-0.39, 0.29) is 0 Å². The van der Waals surface area contributed by atoms with Gasteiger partial charge in [-0.25, -0.2) is 0 Å². The van der Waals surface area contributed by atoms with E-state index in [1.807, 2.05) is 11.3 Å². The summed E-state index contributed by atoms with van der Waals surface area (Å²) in [6, 6.07) is 11.8. The van der Waals surface area contributed by atoms with Gasteiger partial charge in [0.25, 0.3) is 0 Å². The lowest BCUT2D eigenvalue weighted by molar-refractivity contribution is 0.498. The summed E-state index contributed by atoms with van der Waals surface area (Å²) in [5.74, 6) is 0. The number of hydrogen-bond donors (Lipinski definition) is 1. The summed E-state index contributed by atoms with van der Waals surface area (Å²) in [5, 5.41) is 5.85. The Bertz CT molecular complexity index is 516. The van der Waals surface area contributed by atoms with E-state index < -0.39 is 0 Å². The van der Waals surface area contributed by atoms with Crippen LogP contribution in [0.5, 0.6) is 0 Å². The molecule has 1 N–H and O–H groups in total. The molecule has 0 amide bonds. The highest BCUT2D eigenvalue weighted by molar-refractivity contribution is 7.98. The molecule has 102 valence electrons. The molecule has 0 saturated heterocycles. The van der Waals surface area contributed by atoms with Gasteiger partial charge in [0.05, 0.1) is 0 Å². The Hall–Kier alpha value is -0.770. The quantitative estimate of drug-likeness (QED) is 0.761. The highest BCUT2D eigenvalue weighted by Crippen LogP contribution is 2.26. The largest absolute Gasteiger partial charge is 0.303 e. The number of hydrogen-bond acceptors (Lipinski definition) is 3. The van der Waals surface area contributed by atoms with Crippen molar-refractivity contribution < 1.29 is 0 Å². The summed E-state index contributed by atoms with van der Waals surface area (Å²) in [6.07, 6.45) is 2.11. The Morgan fingerprint density at radius 3 is 2.26 bits per heavy atom. The predicted molar refractivity (Wildman–Crippen MR) is 87.2 cm³/mol. The maximum Gasteiger partial charge on any atom is 0.0393 e. The summed E-state index contributed by atoms with van der Waals surface area (Å²) in [6.45, 7) is 6.65. The third-order valence-corrected chi connectivity index (χ3v) is 5.36. The van der Waals surface area contributed by atoms with Crippen molar-refractivity contribution >= 4 is 23.1 Å². The minimum atomic E-state index is 0.368. The lowest BCUT2D eigenvalue weighted by Gasteiger charge is -2.20. The second kappa shape index (κ2) is 6.60. The summed E-state index contributed by atoms with van der Waals surface area (Å²) < 4.78 is 0. The fourth-order valence-corrected chi connectivity index (χ4v) is 3.62. The zero-order valence-electron chi connectivity index (χ0n) is 11.9. The molecule has 0 bridgehead atoms. The van der Waals surface area contributed by atoms with Crippen molar-refractivity contribution in [2.24, 2.45) is 0 Å². The van der Waals surface area contributed by atoms with Crippen LogP contribution < -0.4 is 5.32 Å². The molecule has 1 nitrogen and oxygen atoms in total. The molecule has 0 aliphatic carbocycles. The molecule has 0 radical (unpaired) electrons. The average molecular weight is 291 g/mol. The molecule has 2 rings (SSSR count). The van der Waals surface area contributed by atoms with Crippen molar-refractivity contribution in [2.75, 3.05) is 6.26 Å². The number of aryl methyl sites for hydroxylation is 1. The van der Waals surface area contributed by atoms with Crippen LogP contribution in [-0.2, 0) is 0 Å². The normalized spacial score (nSPS) is 14.3. The smallest absolute Gasteiger partial charge is 0.0393 e. The van der Waals surface area contributed by atoms with Crippen LogP contribution in [-0.4, -0.2) is 6.26 Å². The van der Waals surface area contributed by atoms with Crippen LogP contribution in [0.1, 0.15) is 41.9 Å². The molecule has 2 unspecified atom stereocenters. The van der Waals surface area contributed by atoms with E-state index in [9.17, 15) is 0 Å². The molecular weight excluding hydrogens is 270 g/mol. The molecule has 0 aliphatic heterocycles. The molecular formula is C16H21NS2.